The summed E-state index contributed by atoms with van der Waals surface area (Å²) < 4.78 is 25.1. The smallest absolute Gasteiger partial charge is 0.343 e. The van der Waals surface area contributed by atoms with Crippen LogP contribution in [0, 0.1) is 5.82 Å². The molecule has 5 nitrogen and oxygen atoms in total. The third-order valence-electron chi connectivity index (χ3n) is 4.65. The molecule has 6 heteroatoms. The Morgan fingerprint density at radius 3 is 2.74 bits per heavy atom. The number of benzene rings is 2. The quantitative estimate of drug-likeness (QED) is 0.541. The van der Waals surface area contributed by atoms with Crippen LogP contribution in [0.4, 0.5) is 10.1 Å². The van der Waals surface area contributed by atoms with Gasteiger partial charge in [0.1, 0.15) is 22.9 Å². The first-order chi connectivity index (χ1) is 13.0. The monoisotopic (exact) mass is 367 g/mol. The van der Waals surface area contributed by atoms with Gasteiger partial charge in [-0.1, -0.05) is 0 Å². The second kappa shape index (κ2) is 6.87. The minimum Gasteiger partial charge on any atom is -0.461 e. The van der Waals surface area contributed by atoms with Gasteiger partial charge in [-0.05, 0) is 55.7 Å². The van der Waals surface area contributed by atoms with Crippen LogP contribution in [-0.2, 0) is 17.6 Å². The standard InChI is InChI=1S/C21H18FNO4/c1-12(24)23-18-10-13(6-8-17(18)22)21(25)26-14-7-9-20-16(11-14)15-4-2-3-5-19(15)27-20/h6-11H,2-5H2,1H3,(H,23,24). The second-order valence-electron chi connectivity index (χ2n) is 6.63. The molecular formula is C21H18FNO4. The van der Waals surface area contributed by atoms with E-state index in [2.05, 4.69) is 5.32 Å². The lowest BCUT2D eigenvalue weighted by atomic mass is 9.96. The van der Waals surface area contributed by atoms with Crippen molar-refractivity contribution >= 4 is 28.5 Å². The van der Waals surface area contributed by atoms with Crippen molar-refractivity contribution in [2.24, 2.45) is 0 Å². The van der Waals surface area contributed by atoms with Gasteiger partial charge in [0.2, 0.25) is 5.91 Å². The first-order valence-electron chi connectivity index (χ1n) is 8.85. The predicted molar refractivity (Wildman–Crippen MR) is 98.5 cm³/mol. The lowest BCUT2D eigenvalue weighted by Crippen LogP contribution is -2.12. The van der Waals surface area contributed by atoms with Crippen LogP contribution in [-0.4, -0.2) is 11.9 Å². The van der Waals surface area contributed by atoms with Gasteiger partial charge in [-0.25, -0.2) is 9.18 Å². The van der Waals surface area contributed by atoms with Gasteiger partial charge >= 0.3 is 5.97 Å². The van der Waals surface area contributed by atoms with Crippen LogP contribution < -0.4 is 10.1 Å². The van der Waals surface area contributed by atoms with E-state index in [1.165, 1.54) is 24.6 Å². The summed E-state index contributed by atoms with van der Waals surface area (Å²) in [6.45, 7) is 1.27. The van der Waals surface area contributed by atoms with Gasteiger partial charge in [-0.3, -0.25) is 4.79 Å². The summed E-state index contributed by atoms with van der Waals surface area (Å²) >= 11 is 0. The van der Waals surface area contributed by atoms with Crippen LogP contribution in [0.2, 0.25) is 0 Å². The number of hydrogen-bond acceptors (Lipinski definition) is 4. The molecule has 1 aliphatic carbocycles. The largest absolute Gasteiger partial charge is 0.461 e. The number of aryl methyl sites for hydroxylation is 2. The average molecular weight is 367 g/mol. The molecular weight excluding hydrogens is 349 g/mol. The molecule has 1 aliphatic rings. The molecule has 0 fully saturated rings. The molecule has 2 aromatic carbocycles. The maximum atomic E-state index is 13.7. The Kier molecular flexibility index (Phi) is 4.39. The van der Waals surface area contributed by atoms with Crippen molar-refractivity contribution in [1.82, 2.24) is 0 Å². The first-order valence-corrected chi connectivity index (χ1v) is 8.85. The number of anilines is 1. The van der Waals surface area contributed by atoms with Gasteiger partial charge < -0.3 is 14.5 Å². The van der Waals surface area contributed by atoms with Crippen molar-refractivity contribution in [3.63, 3.8) is 0 Å². The highest BCUT2D eigenvalue weighted by Gasteiger charge is 2.19. The summed E-state index contributed by atoms with van der Waals surface area (Å²) in [5.74, 6) is -0.258. The molecule has 3 aromatic rings. The average Bonchev–Trinajstić information content (AvgIpc) is 3.01. The fraction of sp³-hybridized carbons (Fsp3) is 0.238. The van der Waals surface area contributed by atoms with E-state index in [4.69, 9.17) is 9.15 Å². The summed E-state index contributed by atoms with van der Waals surface area (Å²) in [7, 11) is 0. The summed E-state index contributed by atoms with van der Waals surface area (Å²) in [6, 6.07) is 8.98. The highest BCUT2D eigenvalue weighted by molar-refractivity contribution is 5.95. The molecule has 0 unspecified atom stereocenters. The Morgan fingerprint density at radius 1 is 1.11 bits per heavy atom. The van der Waals surface area contributed by atoms with E-state index >= 15 is 0 Å². The number of furan rings is 1. The molecule has 1 heterocycles. The number of fused-ring (bicyclic) bond motifs is 3. The molecule has 0 spiro atoms. The van der Waals surface area contributed by atoms with Crippen LogP contribution in [0.3, 0.4) is 0 Å². The number of hydrogen-bond donors (Lipinski definition) is 1. The summed E-state index contributed by atoms with van der Waals surface area (Å²) in [5.41, 5.74) is 2.06. The highest BCUT2D eigenvalue weighted by Crippen LogP contribution is 2.34. The predicted octanol–water partition coefficient (Wildman–Crippen LogP) is 4.63. The Labute approximate surface area is 155 Å². The third kappa shape index (κ3) is 3.43. The van der Waals surface area contributed by atoms with Gasteiger partial charge in [0.25, 0.3) is 0 Å². The summed E-state index contributed by atoms with van der Waals surface area (Å²) in [6.07, 6.45) is 4.13. The van der Waals surface area contributed by atoms with Crippen molar-refractivity contribution in [2.75, 3.05) is 5.32 Å². The van der Waals surface area contributed by atoms with Crippen molar-refractivity contribution in [1.29, 1.82) is 0 Å². The van der Waals surface area contributed by atoms with E-state index in [-0.39, 0.29) is 11.3 Å². The Balaban J connectivity index is 1.60. The van der Waals surface area contributed by atoms with Gasteiger partial charge in [-0.2, -0.15) is 0 Å². The molecule has 0 radical (unpaired) electrons. The maximum absolute atomic E-state index is 13.7. The van der Waals surface area contributed by atoms with Crippen LogP contribution >= 0.6 is 0 Å². The fourth-order valence-corrected chi connectivity index (χ4v) is 3.41. The number of esters is 1. The lowest BCUT2D eigenvalue weighted by molar-refractivity contribution is -0.114. The number of halogens is 1. The minimum absolute atomic E-state index is 0.0590. The van der Waals surface area contributed by atoms with Gasteiger partial charge in [0, 0.05) is 24.3 Å². The zero-order valence-electron chi connectivity index (χ0n) is 14.8. The van der Waals surface area contributed by atoms with E-state index in [9.17, 15) is 14.0 Å². The normalized spacial score (nSPS) is 13.3. The number of ether oxygens (including phenoxy) is 1. The molecule has 4 rings (SSSR count). The van der Waals surface area contributed by atoms with E-state index in [1.54, 1.807) is 18.2 Å². The third-order valence-corrected chi connectivity index (χ3v) is 4.65. The van der Waals surface area contributed by atoms with E-state index < -0.39 is 17.7 Å². The Morgan fingerprint density at radius 2 is 1.93 bits per heavy atom. The molecule has 0 saturated carbocycles. The molecule has 27 heavy (non-hydrogen) atoms. The Bertz CT molecular complexity index is 1050. The van der Waals surface area contributed by atoms with E-state index in [0.717, 1.165) is 48.5 Å². The summed E-state index contributed by atoms with van der Waals surface area (Å²) in [4.78, 5) is 23.6. The van der Waals surface area contributed by atoms with Crippen LogP contribution in [0.1, 0.15) is 41.4 Å². The zero-order chi connectivity index (χ0) is 19.0. The highest BCUT2D eigenvalue weighted by atomic mass is 19.1. The topological polar surface area (TPSA) is 68.5 Å². The first kappa shape index (κ1) is 17.3. The lowest BCUT2D eigenvalue weighted by Gasteiger charge is -2.09. The number of rotatable bonds is 3. The van der Waals surface area contributed by atoms with Gasteiger partial charge in [-0.15, -0.1) is 0 Å². The number of amides is 1. The van der Waals surface area contributed by atoms with Crippen molar-refractivity contribution in [3.8, 4) is 5.75 Å². The maximum Gasteiger partial charge on any atom is 0.343 e. The molecule has 0 atom stereocenters. The molecule has 1 amide bonds. The molecule has 1 N–H and O–H groups in total. The Hall–Kier alpha value is -3.15. The van der Waals surface area contributed by atoms with E-state index in [1.807, 2.05) is 0 Å². The number of nitrogens with one attached hydrogen (secondary N) is 1. The van der Waals surface area contributed by atoms with Crippen molar-refractivity contribution < 1.29 is 23.1 Å². The van der Waals surface area contributed by atoms with Crippen molar-refractivity contribution in [3.05, 3.63) is 59.1 Å². The SMILES string of the molecule is CC(=O)Nc1cc(C(=O)Oc2ccc3oc4c(c3c2)CCCC4)ccc1F. The van der Waals surface area contributed by atoms with Crippen LogP contribution in [0.15, 0.2) is 40.8 Å². The summed E-state index contributed by atoms with van der Waals surface area (Å²) in [5, 5.41) is 3.32. The molecule has 138 valence electrons. The zero-order valence-corrected chi connectivity index (χ0v) is 14.8. The van der Waals surface area contributed by atoms with Crippen LogP contribution in [0.5, 0.6) is 5.75 Å². The van der Waals surface area contributed by atoms with Crippen molar-refractivity contribution in [2.45, 2.75) is 32.6 Å². The van der Waals surface area contributed by atoms with Gasteiger partial charge in [0.15, 0.2) is 0 Å². The second-order valence-corrected chi connectivity index (χ2v) is 6.63. The molecule has 0 bridgehead atoms. The molecule has 1 aromatic heterocycles. The molecule has 0 saturated heterocycles. The minimum atomic E-state index is -0.627. The number of carbonyl (C=O) groups excluding carboxylic acids is 2. The van der Waals surface area contributed by atoms with Gasteiger partial charge in [0.05, 0.1) is 11.3 Å². The van der Waals surface area contributed by atoms with E-state index in [0.29, 0.717) is 5.75 Å². The number of carbonyl (C=O) groups is 2. The fourth-order valence-electron chi connectivity index (χ4n) is 3.41. The van der Waals surface area contributed by atoms with Crippen LogP contribution in [0.25, 0.3) is 11.0 Å². The molecule has 0 aliphatic heterocycles.